The molecule has 0 saturated heterocycles. The number of aryl methyl sites for hydroxylation is 1. The summed E-state index contributed by atoms with van der Waals surface area (Å²) in [6, 6.07) is 14.1. The maximum Gasteiger partial charge on any atom is 0.291 e. The van der Waals surface area contributed by atoms with Crippen molar-refractivity contribution < 1.29 is 9.21 Å². The van der Waals surface area contributed by atoms with Crippen LogP contribution in [0, 0.1) is 6.92 Å². The first kappa shape index (κ1) is 16.6. The summed E-state index contributed by atoms with van der Waals surface area (Å²) < 4.78 is 6.69. The molecule has 0 fully saturated rings. The summed E-state index contributed by atoms with van der Waals surface area (Å²) in [6.07, 6.45) is 0. The first-order chi connectivity index (χ1) is 11.4. The van der Waals surface area contributed by atoms with Gasteiger partial charge in [0.2, 0.25) is 0 Å². The van der Waals surface area contributed by atoms with Gasteiger partial charge in [0.1, 0.15) is 5.76 Å². The van der Waals surface area contributed by atoms with E-state index in [0.29, 0.717) is 22.2 Å². The Hall–Kier alpha value is -2.24. The molecule has 1 aromatic heterocycles. The van der Waals surface area contributed by atoms with Crippen molar-refractivity contribution in [1.82, 2.24) is 0 Å². The zero-order valence-electron chi connectivity index (χ0n) is 12.8. The van der Waals surface area contributed by atoms with Crippen LogP contribution < -0.4 is 11.1 Å². The van der Waals surface area contributed by atoms with E-state index in [4.69, 9.17) is 21.8 Å². The molecule has 3 rings (SSSR count). The van der Waals surface area contributed by atoms with Gasteiger partial charge in [0.25, 0.3) is 5.91 Å². The van der Waals surface area contributed by atoms with E-state index in [0.717, 1.165) is 15.6 Å². The number of nitrogen functional groups attached to an aromatic ring is 1. The maximum atomic E-state index is 12.3. The number of carbonyl (C=O) groups excluding carboxylic acids is 1. The number of nitrogens with two attached hydrogens (primary N) is 1. The molecule has 1 amide bonds. The molecule has 4 nitrogen and oxygen atoms in total. The number of anilines is 2. The van der Waals surface area contributed by atoms with Crippen molar-refractivity contribution in [2.75, 3.05) is 11.1 Å². The van der Waals surface area contributed by atoms with Crippen LogP contribution in [-0.2, 0) is 0 Å². The average Bonchev–Trinajstić information content (AvgIpc) is 3.03. The average molecular weight is 406 g/mol. The normalized spacial score (nSPS) is 10.6. The second-order valence-corrected chi connectivity index (χ2v) is 6.60. The van der Waals surface area contributed by atoms with Crippen LogP contribution in [0.25, 0.3) is 11.3 Å². The quantitative estimate of drug-likeness (QED) is 0.565. The van der Waals surface area contributed by atoms with Gasteiger partial charge in [-0.05, 0) is 55.0 Å². The number of hydrogen-bond donors (Lipinski definition) is 2. The second kappa shape index (κ2) is 6.71. The van der Waals surface area contributed by atoms with Crippen LogP contribution in [0.3, 0.4) is 0 Å². The van der Waals surface area contributed by atoms with Crippen molar-refractivity contribution in [3.8, 4) is 11.3 Å². The molecule has 3 N–H and O–H groups in total. The Balaban J connectivity index is 1.82. The highest BCUT2D eigenvalue weighted by molar-refractivity contribution is 9.10. The Morgan fingerprint density at radius 3 is 2.67 bits per heavy atom. The standard InChI is InChI=1S/C18H14BrClN2O2/c1-10-8-11(2-4-13(10)19)16-6-7-17(24-16)18(23)22-15-5-3-12(20)9-14(15)21/h2-9H,21H2,1H3,(H,22,23). The fraction of sp³-hybridized carbons (Fsp3) is 0.0556. The molecule has 6 heteroatoms. The third-order valence-corrected chi connectivity index (χ3v) is 4.66. The Kier molecular flexibility index (Phi) is 4.64. The van der Waals surface area contributed by atoms with E-state index in [1.165, 1.54) is 0 Å². The highest BCUT2D eigenvalue weighted by Gasteiger charge is 2.14. The molecular formula is C18H14BrClN2O2. The summed E-state index contributed by atoms with van der Waals surface area (Å²) in [6.45, 7) is 1.99. The van der Waals surface area contributed by atoms with Crippen molar-refractivity contribution in [2.24, 2.45) is 0 Å². The van der Waals surface area contributed by atoms with E-state index in [1.807, 2.05) is 25.1 Å². The summed E-state index contributed by atoms with van der Waals surface area (Å²) in [4.78, 5) is 12.3. The topological polar surface area (TPSA) is 68.3 Å². The minimum atomic E-state index is -0.371. The van der Waals surface area contributed by atoms with Crippen molar-refractivity contribution >= 4 is 44.8 Å². The molecule has 2 aromatic carbocycles. The predicted octanol–water partition coefficient (Wildman–Crippen LogP) is 5.51. The molecule has 0 saturated carbocycles. The molecular weight excluding hydrogens is 392 g/mol. The summed E-state index contributed by atoms with van der Waals surface area (Å²) in [5.41, 5.74) is 8.71. The SMILES string of the molecule is Cc1cc(-c2ccc(C(=O)Nc3ccc(Cl)cc3N)o2)ccc1Br. The van der Waals surface area contributed by atoms with Crippen LogP contribution >= 0.6 is 27.5 Å². The van der Waals surface area contributed by atoms with E-state index in [-0.39, 0.29) is 11.7 Å². The van der Waals surface area contributed by atoms with Crippen LogP contribution in [0.1, 0.15) is 16.1 Å². The zero-order valence-corrected chi connectivity index (χ0v) is 15.1. The van der Waals surface area contributed by atoms with E-state index in [9.17, 15) is 4.79 Å². The number of hydrogen-bond acceptors (Lipinski definition) is 3. The van der Waals surface area contributed by atoms with Gasteiger partial charge in [-0.1, -0.05) is 33.6 Å². The maximum absolute atomic E-state index is 12.3. The van der Waals surface area contributed by atoms with E-state index >= 15 is 0 Å². The lowest BCUT2D eigenvalue weighted by Crippen LogP contribution is -2.12. The number of amides is 1. The van der Waals surface area contributed by atoms with Gasteiger partial charge in [-0.15, -0.1) is 0 Å². The van der Waals surface area contributed by atoms with E-state index < -0.39 is 0 Å². The van der Waals surface area contributed by atoms with Crippen molar-refractivity contribution in [1.29, 1.82) is 0 Å². The van der Waals surface area contributed by atoms with Crippen LogP contribution in [-0.4, -0.2) is 5.91 Å². The van der Waals surface area contributed by atoms with Crippen LogP contribution in [0.15, 0.2) is 57.4 Å². The molecule has 122 valence electrons. The van der Waals surface area contributed by atoms with Crippen molar-refractivity contribution in [2.45, 2.75) is 6.92 Å². The number of furan rings is 1. The lowest BCUT2D eigenvalue weighted by Gasteiger charge is -2.07. The number of halogens is 2. The molecule has 0 spiro atoms. The summed E-state index contributed by atoms with van der Waals surface area (Å²) in [5, 5.41) is 3.23. The molecule has 24 heavy (non-hydrogen) atoms. The molecule has 0 aliphatic rings. The number of rotatable bonds is 3. The summed E-state index contributed by atoms with van der Waals surface area (Å²) >= 11 is 9.31. The van der Waals surface area contributed by atoms with Gasteiger partial charge >= 0.3 is 0 Å². The van der Waals surface area contributed by atoms with Gasteiger partial charge in [0, 0.05) is 15.1 Å². The van der Waals surface area contributed by atoms with Gasteiger partial charge < -0.3 is 15.5 Å². The Labute approximate surface area is 152 Å². The lowest BCUT2D eigenvalue weighted by atomic mass is 10.1. The highest BCUT2D eigenvalue weighted by atomic mass is 79.9. The largest absolute Gasteiger partial charge is 0.451 e. The minimum Gasteiger partial charge on any atom is -0.451 e. The summed E-state index contributed by atoms with van der Waals surface area (Å²) in [7, 11) is 0. The summed E-state index contributed by atoms with van der Waals surface area (Å²) in [5.74, 6) is 0.462. The molecule has 3 aromatic rings. The molecule has 1 heterocycles. The first-order valence-corrected chi connectivity index (χ1v) is 8.34. The van der Waals surface area contributed by atoms with Crippen LogP contribution in [0.5, 0.6) is 0 Å². The van der Waals surface area contributed by atoms with E-state index in [1.54, 1.807) is 30.3 Å². The van der Waals surface area contributed by atoms with Gasteiger partial charge in [-0.3, -0.25) is 4.79 Å². The van der Waals surface area contributed by atoms with Gasteiger partial charge in [0.15, 0.2) is 5.76 Å². The number of benzene rings is 2. The van der Waals surface area contributed by atoms with Crippen LogP contribution in [0.4, 0.5) is 11.4 Å². The highest BCUT2D eigenvalue weighted by Crippen LogP contribution is 2.28. The fourth-order valence-electron chi connectivity index (χ4n) is 2.24. The molecule has 0 aliphatic heterocycles. The van der Waals surface area contributed by atoms with Gasteiger partial charge in [0.05, 0.1) is 11.4 Å². The number of carbonyl (C=O) groups is 1. The monoisotopic (exact) mass is 404 g/mol. The molecule has 0 bridgehead atoms. The van der Waals surface area contributed by atoms with Crippen LogP contribution in [0.2, 0.25) is 5.02 Å². The second-order valence-electron chi connectivity index (χ2n) is 5.31. The lowest BCUT2D eigenvalue weighted by molar-refractivity contribution is 0.0997. The third-order valence-electron chi connectivity index (χ3n) is 3.53. The fourth-order valence-corrected chi connectivity index (χ4v) is 2.67. The van der Waals surface area contributed by atoms with E-state index in [2.05, 4.69) is 21.2 Å². The third kappa shape index (κ3) is 3.47. The number of nitrogens with one attached hydrogen (secondary N) is 1. The zero-order chi connectivity index (χ0) is 17.3. The Morgan fingerprint density at radius 1 is 1.17 bits per heavy atom. The molecule has 0 radical (unpaired) electrons. The molecule has 0 aliphatic carbocycles. The van der Waals surface area contributed by atoms with Crippen molar-refractivity contribution in [3.05, 3.63) is 69.3 Å². The Bertz CT molecular complexity index is 921. The minimum absolute atomic E-state index is 0.208. The first-order valence-electron chi connectivity index (χ1n) is 7.17. The van der Waals surface area contributed by atoms with Gasteiger partial charge in [-0.25, -0.2) is 0 Å². The van der Waals surface area contributed by atoms with Crippen molar-refractivity contribution in [3.63, 3.8) is 0 Å². The van der Waals surface area contributed by atoms with Gasteiger partial charge in [-0.2, -0.15) is 0 Å². The Morgan fingerprint density at radius 2 is 1.96 bits per heavy atom. The molecule has 0 atom stereocenters. The predicted molar refractivity (Wildman–Crippen MR) is 100 cm³/mol. The smallest absolute Gasteiger partial charge is 0.291 e. The molecule has 0 unspecified atom stereocenters.